The van der Waals surface area contributed by atoms with E-state index in [9.17, 15) is 9.18 Å². The summed E-state index contributed by atoms with van der Waals surface area (Å²) in [6, 6.07) is 0. The molecule has 2 nitrogen and oxygen atoms in total. The van der Waals surface area contributed by atoms with Crippen molar-refractivity contribution in [1.82, 2.24) is 0 Å². The van der Waals surface area contributed by atoms with Crippen molar-refractivity contribution in [3.05, 3.63) is 18.6 Å². The summed E-state index contributed by atoms with van der Waals surface area (Å²) in [6.07, 6.45) is -0.481. The number of hydrogen-bond donors (Lipinski definition) is 0. The lowest BCUT2D eigenvalue weighted by Gasteiger charge is -2.05. The average molecular weight is 145 g/mol. The molecule has 1 unspecified atom stereocenters. The molecule has 0 aromatic heterocycles. The largest absolute Gasteiger partial charge is 0.427 e. The van der Waals surface area contributed by atoms with Crippen LogP contribution in [0.1, 0.15) is 13.8 Å². The van der Waals surface area contributed by atoms with Crippen LogP contribution >= 0.6 is 0 Å². The Morgan fingerprint density at radius 1 is 1.80 bits per heavy atom. The first-order valence-corrected chi connectivity index (χ1v) is 2.88. The quantitative estimate of drug-likeness (QED) is 0.445. The van der Waals surface area contributed by atoms with Crippen molar-refractivity contribution in [1.29, 1.82) is 0 Å². The predicted molar refractivity (Wildman–Crippen MR) is 35.8 cm³/mol. The van der Waals surface area contributed by atoms with E-state index in [4.69, 9.17) is 0 Å². The van der Waals surface area contributed by atoms with Gasteiger partial charge in [0.1, 0.15) is 0 Å². The summed E-state index contributed by atoms with van der Waals surface area (Å²) in [5, 5.41) is 0. The normalized spacial score (nSPS) is 12.3. The van der Waals surface area contributed by atoms with Crippen molar-refractivity contribution in [2.75, 3.05) is 0 Å². The standard InChI is InChI=1S/C7H10FO2/c1-4-6(8)10-7(9)5(2)3/h4,6H,2H2,1,3H3. The average Bonchev–Trinajstić information content (AvgIpc) is 1.87. The van der Waals surface area contributed by atoms with Gasteiger partial charge in [0, 0.05) is 12.0 Å². The third-order valence-electron chi connectivity index (χ3n) is 0.830. The Kier molecular flexibility index (Phi) is 3.69. The SMILES string of the molecule is C=C(C)C(=O)OC(F)[CH]C. The van der Waals surface area contributed by atoms with Gasteiger partial charge in [-0.15, -0.1) is 0 Å². The molecule has 0 aliphatic heterocycles. The Bertz CT molecular complexity index is 143. The van der Waals surface area contributed by atoms with Crippen LogP contribution in [0.15, 0.2) is 12.2 Å². The number of ether oxygens (including phenoxy) is 1. The van der Waals surface area contributed by atoms with Crippen molar-refractivity contribution in [2.45, 2.75) is 20.2 Å². The van der Waals surface area contributed by atoms with Crippen LogP contribution < -0.4 is 0 Å². The number of alkyl halides is 1. The zero-order valence-electron chi connectivity index (χ0n) is 6.06. The second-order valence-electron chi connectivity index (χ2n) is 1.87. The highest BCUT2D eigenvalue weighted by atomic mass is 19.1. The second kappa shape index (κ2) is 4.04. The van der Waals surface area contributed by atoms with Gasteiger partial charge in [0.25, 0.3) is 0 Å². The maximum absolute atomic E-state index is 12.2. The van der Waals surface area contributed by atoms with Crippen molar-refractivity contribution < 1.29 is 13.9 Å². The van der Waals surface area contributed by atoms with Crippen molar-refractivity contribution in [3.8, 4) is 0 Å². The number of rotatable bonds is 3. The molecule has 3 heteroatoms. The molecule has 0 saturated heterocycles. The summed E-state index contributed by atoms with van der Waals surface area (Å²) in [7, 11) is 0. The van der Waals surface area contributed by atoms with E-state index in [0.29, 0.717) is 0 Å². The lowest BCUT2D eigenvalue weighted by molar-refractivity contribution is -0.149. The third kappa shape index (κ3) is 3.22. The van der Waals surface area contributed by atoms with Crippen LogP contribution in [0.2, 0.25) is 0 Å². The number of carbonyl (C=O) groups is 1. The molecule has 0 aromatic rings. The topological polar surface area (TPSA) is 26.3 Å². The summed E-state index contributed by atoms with van der Waals surface area (Å²) in [6.45, 7) is 6.22. The summed E-state index contributed by atoms with van der Waals surface area (Å²) < 4.78 is 16.4. The number of esters is 1. The van der Waals surface area contributed by atoms with Crippen LogP contribution in [0.25, 0.3) is 0 Å². The van der Waals surface area contributed by atoms with Crippen LogP contribution in [0.4, 0.5) is 4.39 Å². The molecule has 0 bridgehead atoms. The Labute approximate surface area is 59.7 Å². The van der Waals surface area contributed by atoms with Crippen LogP contribution in [-0.4, -0.2) is 12.3 Å². The minimum atomic E-state index is -1.62. The number of hydrogen-bond acceptors (Lipinski definition) is 2. The predicted octanol–water partition coefficient (Wildman–Crippen LogP) is 1.63. The van der Waals surface area contributed by atoms with Crippen LogP contribution in [0, 0.1) is 6.42 Å². The van der Waals surface area contributed by atoms with Crippen LogP contribution in [-0.2, 0) is 9.53 Å². The molecule has 0 rings (SSSR count). The van der Waals surface area contributed by atoms with E-state index in [0.717, 1.165) is 6.42 Å². The number of halogens is 1. The highest BCUT2D eigenvalue weighted by Gasteiger charge is 2.10. The minimum absolute atomic E-state index is 0.199. The Hall–Kier alpha value is -0.860. The zero-order valence-corrected chi connectivity index (χ0v) is 6.06. The Balaban J connectivity index is 3.68. The first kappa shape index (κ1) is 9.14. The molecule has 0 fully saturated rings. The second-order valence-corrected chi connectivity index (χ2v) is 1.87. The molecule has 0 aromatic carbocycles. The molecule has 10 heavy (non-hydrogen) atoms. The van der Waals surface area contributed by atoms with E-state index in [-0.39, 0.29) is 5.57 Å². The molecule has 0 amide bonds. The molecule has 0 heterocycles. The van der Waals surface area contributed by atoms with Crippen LogP contribution in [0.3, 0.4) is 0 Å². The van der Waals surface area contributed by atoms with Gasteiger partial charge in [-0.05, 0) is 6.92 Å². The molecule has 0 aliphatic carbocycles. The van der Waals surface area contributed by atoms with Gasteiger partial charge in [-0.1, -0.05) is 13.5 Å². The first-order valence-electron chi connectivity index (χ1n) is 2.88. The third-order valence-corrected chi connectivity index (χ3v) is 0.830. The van der Waals surface area contributed by atoms with Gasteiger partial charge in [0.05, 0.1) is 0 Å². The highest BCUT2D eigenvalue weighted by molar-refractivity contribution is 5.87. The first-order chi connectivity index (χ1) is 4.57. The Morgan fingerprint density at radius 3 is 2.60 bits per heavy atom. The van der Waals surface area contributed by atoms with Gasteiger partial charge in [0.2, 0.25) is 6.36 Å². The minimum Gasteiger partial charge on any atom is -0.427 e. The van der Waals surface area contributed by atoms with E-state index in [2.05, 4.69) is 11.3 Å². The smallest absolute Gasteiger partial charge is 0.335 e. The summed E-state index contributed by atoms with van der Waals surface area (Å²) in [4.78, 5) is 10.5. The molecule has 1 radical (unpaired) electrons. The molecule has 0 aliphatic rings. The van der Waals surface area contributed by atoms with Gasteiger partial charge in [-0.2, -0.15) is 0 Å². The summed E-state index contributed by atoms with van der Waals surface area (Å²) in [5.41, 5.74) is 0.199. The van der Waals surface area contributed by atoms with E-state index in [1.165, 1.54) is 13.8 Å². The molecule has 0 N–H and O–H groups in total. The van der Waals surface area contributed by atoms with E-state index in [1.807, 2.05) is 0 Å². The van der Waals surface area contributed by atoms with Gasteiger partial charge >= 0.3 is 5.97 Å². The lowest BCUT2D eigenvalue weighted by Crippen LogP contribution is -2.13. The lowest BCUT2D eigenvalue weighted by atomic mass is 10.4. The molecular weight excluding hydrogens is 135 g/mol. The van der Waals surface area contributed by atoms with E-state index < -0.39 is 12.3 Å². The molecular formula is C7H10FO2. The zero-order chi connectivity index (χ0) is 8.15. The van der Waals surface area contributed by atoms with Gasteiger partial charge in [-0.3, -0.25) is 0 Å². The van der Waals surface area contributed by atoms with Crippen molar-refractivity contribution in [2.24, 2.45) is 0 Å². The summed E-state index contributed by atoms with van der Waals surface area (Å²) in [5.74, 6) is -0.703. The van der Waals surface area contributed by atoms with E-state index in [1.54, 1.807) is 0 Å². The maximum atomic E-state index is 12.2. The maximum Gasteiger partial charge on any atom is 0.335 e. The molecule has 0 saturated carbocycles. The molecule has 57 valence electrons. The van der Waals surface area contributed by atoms with Gasteiger partial charge in [-0.25, -0.2) is 9.18 Å². The van der Waals surface area contributed by atoms with E-state index >= 15 is 0 Å². The van der Waals surface area contributed by atoms with Gasteiger partial charge in [0.15, 0.2) is 0 Å². The molecule has 1 atom stereocenters. The Morgan fingerprint density at radius 2 is 2.30 bits per heavy atom. The van der Waals surface area contributed by atoms with Crippen LogP contribution in [0.5, 0.6) is 0 Å². The fraction of sp³-hybridized carbons (Fsp3) is 0.429. The molecule has 0 spiro atoms. The van der Waals surface area contributed by atoms with Crippen molar-refractivity contribution >= 4 is 5.97 Å². The fourth-order valence-electron chi connectivity index (χ4n) is 0.271. The number of carbonyl (C=O) groups excluding carboxylic acids is 1. The highest BCUT2D eigenvalue weighted by Crippen LogP contribution is 2.01. The van der Waals surface area contributed by atoms with Crippen molar-refractivity contribution in [3.63, 3.8) is 0 Å². The van der Waals surface area contributed by atoms with Gasteiger partial charge < -0.3 is 4.74 Å². The fourth-order valence-corrected chi connectivity index (χ4v) is 0.271. The monoisotopic (exact) mass is 145 g/mol. The summed E-state index contributed by atoms with van der Waals surface area (Å²) >= 11 is 0.